The Labute approximate surface area is 336 Å². The molecule has 1 saturated carbocycles. The molecular weight excluding hydrogens is 721 g/mol. The minimum Gasteiger partial charge on any atom is -0.482 e. The molecule has 9 heteroatoms. The Morgan fingerprint density at radius 3 is 2.00 bits per heavy atom. The molecule has 5 atom stereocenters. The molecule has 0 heterocycles. The predicted molar refractivity (Wildman–Crippen MR) is 221 cm³/mol. The van der Waals surface area contributed by atoms with Crippen molar-refractivity contribution in [2.24, 2.45) is 17.8 Å². The molecule has 0 aromatic heterocycles. The molecule has 0 spiro atoms. The average Bonchev–Trinajstić information content (AvgIpc) is 3.56. The topological polar surface area (TPSA) is 97.4 Å². The summed E-state index contributed by atoms with van der Waals surface area (Å²) in [6, 6.07) is 28.7. The quantitative estimate of drug-likeness (QED) is 0.0406. The molecule has 0 bridgehead atoms. The van der Waals surface area contributed by atoms with E-state index in [-0.39, 0.29) is 56.8 Å². The maximum Gasteiger partial charge on any atom is 0.344 e. The van der Waals surface area contributed by atoms with Crippen molar-refractivity contribution in [3.63, 3.8) is 0 Å². The number of fused-ring (bicyclic) bond motifs is 2. The van der Waals surface area contributed by atoms with Crippen molar-refractivity contribution >= 4 is 26.2 Å². The Morgan fingerprint density at radius 1 is 0.714 bits per heavy atom. The normalized spacial score (nSPS) is 19.4. The van der Waals surface area contributed by atoms with Crippen LogP contribution in [0, 0.1) is 17.8 Å². The van der Waals surface area contributed by atoms with Gasteiger partial charge in [-0.05, 0) is 109 Å². The Hall–Kier alpha value is -3.95. The SMILES string of the molecule is CCCCC[C@@H](CC[C@@H]1[C@H]2Cc3cccc(OCC(=O)OCc4ccccc4)c3C[C@H]2C[C@H]1O[Si](CC)(CC)CC)OC(=O)CCC(=O)OCc1ccccc1. The molecule has 8 nitrogen and oxygen atoms in total. The molecule has 3 aromatic rings. The van der Waals surface area contributed by atoms with Gasteiger partial charge in [-0.2, -0.15) is 0 Å². The highest BCUT2D eigenvalue weighted by Gasteiger charge is 2.48. The molecule has 0 radical (unpaired) electrons. The van der Waals surface area contributed by atoms with E-state index < -0.39 is 14.3 Å². The van der Waals surface area contributed by atoms with Gasteiger partial charge in [-0.1, -0.05) is 113 Å². The van der Waals surface area contributed by atoms with E-state index in [1.54, 1.807) is 0 Å². The van der Waals surface area contributed by atoms with E-state index in [0.29, 0.717) is 17.8 Å². The first-order chi connectivity index (χ1) is 27.3. The second-order valence-corrected chi connectivity index (χ2v) is 20.5. The van der Waals surface area contributed by atoms with Gasteiger partial charge in [0.1, 0.15) is 25.1 Å². The van der Waals surface area contributed by atoms with Crippen LogP contribution in [0.25, 0.3) is 0 Å². The lowest BCUT2D eigenvalue weighted by Crippen LogP contribution is -2.42. The van der Waals surface area contributed by atoms with Gasteiger partial charge in [-0.3, -0.25) is 9.59 Å². The lowest BCUT2D eigenvalue weighted by atomic mass is 9.73. The van der Waals surface area contributed by atoms with Crippen molar-refractivity contribution < 1.29 is 37.8 Å². The van der Waals surface area contributed by atoms with Gasteiger partial charge in [0.05, 0.1) is 12.8 Å². The first-order valence-corrected chi connectivity index (χ1v) is 23.8. The highest BCUT2D eigenvalue weighted by molar-refractivity contribution is 6.73. The molecule has 0 saturated heterocycles. The van der Waals surface area contributed by atoms with Crippen LogP contribution in [-0.2, 0) is 59.1 Å². The largest absolute Gasteiger partial charge is 0.482 e. The summed E-state index contributed by atoms with van der Waals surface area (Å²) < 4.78 is 30.5. The van der Waals surface area contributed by atoms with Gasteiger partial charge < -0.3 is 23.4 Å². The number of ether oxygens (including phenoxy) is 4. The van der Waals surface area contributed by atoms with E-state index in [1.807, 2.05) is 72.8 Å². The Bertz CT molecular complexity index is 1650. The first kappa shape index (κ1) is 43.2. The highest BCUT2D eigenvalue weighted by atomic mass is 28.4. The summed E-state index contributed by atoms with van der Waals surface area (Å²) in [5.74, 6) is 0.890. The van der Waals surface area contributed by atoms with Gasteiger partial charge in [0.15, 0.2) is 14.9 Å². The van der Waals surface area contributed by atoms with Gasteiger partial charge in [0, 0.05) is 6.10 Å². The third-order valence-electron chi connectivity index (χ3n) is 12.3. The fourth-order valence-electron chi connectivity index (χ4n) is 8.81. The minimum absolute atomic E-state index is 0.00733. The summed E-state index contributed by atoms with van der Waals surface area (Å²) in [5, 5.41) is 0. The smallest absolute Gasteiger partial charge is 0.344 e. The van der Waals surface area contributed by atoms with E-state index in [4.69, 9.17) is 23.4 Å². The Balaban J connectivity index is 1.23. The zero-order valence-corrected chi connectivity index (χ0v) is 35.2. The lowest BCUT2D eigenvalue weighted by Gasteiger charge is -2.36. The van der Waals surface area contributed by atoms with Crippen molar-refractivity contribution in [3.05, 3.63) is 101 Å². The fraction of sp³-hybridized carbons (Fsp3) is 0.553. The number of carbonyl (C=O) groups excluding carboxylic acids is 3. The predicted octanol–water partition coefficient (Wildman–Crippen LogP) is 10.3. The van der Waals surface area contributed by atoms with Crippen LogP contribution in [0.5, 0.6) is 5.75 Å². The van der Waals surface area contributed by atoms with E-state index in [0.717, 1.165) is 92.8 Å². The van der Waals surface area contributed by atoms with E-state index in [2.05, 4.69) is 33.8 Å². The Kier molecular flexibility index (Phi) is 17.0. The van der Waals surface area contributed by atoms with Gasteiger partial charge in [0.25, 0.3) is 0 Å². The molecule has 3 aromatic carbocycles. The third kappa shape index (κ3) is 12.5. The van der Waals surface area contributed by atoms with Crippen molar-refractivity contribution in [2.75, 3.05) is 6.61 Å². The van der Waals surface area contributed by atoms with Crippen molar-refractivity contribution in [2.45, 2.75) is 142 Å². The monoisotopic (exact) mass is 784 g/mol. The number of carbonyl (C=O) groups is 3. The van der Waals surface area contributed by atoms with Crippen LogP contribution in [0.15, 0.2) is 78.9 Å². The van der Waals surface area contributed by atoms with E-state index in [9.17, 15) is 14.4 Å². The van der Waals surface area contributed by atoms with Gasteiger partial charge in [0.2, 0.25) is 0 Å². The summed E-state index contributed by atoms with van der Waals surface area (Å²) in [4.78, 5) is 38.2. The molecule has 0 unspecified atom stereocenters. The minimum atomic E-state index is -1.90. The van der Waals surface area contributed by atoms with Crippen LogP contribution in [0.3, 0.4) is 0 Å². The van der Waals surface area contributed by atoms with Gasteiger partial charge in [-0.25, -0.2) is 4.79 Å². The molecule has 5 rings (SSSR count). The molecule has 2 aliphatic rings. The lowest BCUT2D eigenvalue weighted by molar-refractivity contribution is -0.154. The molecule has 0 amide bonds. The second kappa shape index (κ2) is 22.1. The van der Waals surface area contributed by atoms with Crippen LogP contribution in [0.2, 0.25) is 18.1 Å². The first-order valence-electron chi connectivity index (χ1n) is 21.3. The summed E-state index contributed by atoms with van der Waals surface area (Å²) in [5.41, 5.74) is 4.34. The average molecular weight is 785 g/mol. The second-order valence-electron chi connectivity index (χ2n) is 15.8. The van der Waals surface area contributed by atoms with Gasteiger partial charge >= 0.3 is 17.9 Å². The standard InChI is InChI=1S/C47H64O8Si/c1-5-9-12-23-39(54-46(49)28-27-45(48)52-32-35-18-13-10-14-19-35)25-26-40-41-29-37-22-17-24-43(51-34-47(50)53-33-36-20-15-11-16-21-36)42(37)30-38(41)31-44(40)55-56(6-2,7-3)8-4/h10-11,13-22,24,38-41,44H,5-9,12,23,25-34H2,1-4H3/t38-,39-,40+,41-,44+/m0/s1. The number of unbranched alkanes of at least 4 members (excludes halogenated alkanes) is 2. The molecule has 304 valence electrons. The summed E-state index contributed by atoms with van der Waals surface area (Å²) in [6.45, 7) is 9.36. The van der Waals surface area contributed by atoms with Crippen LogP contribution in [-0.4, -0.2) is 45.0 Å². The maximum atomic E-state index is 13.1. The van der Waals surface area contributed by atoms with Crippen molar-refractivity contribution in [1.82, 2.24) is 0 Å². The molecule has 0 aliphatic heterocycles. The zero-order valence-electron chi connectivity index (χ0n) is 34.2. The van der Waals surface area contributed by atoms with Crippen LogP contribution in [0.4, 0.5) is 0 Å². The molecule has 1 fully saturated rings. The third-order valence-corrected chi connectivity index (χ3v) is 16.9. The van der Waals surface area contributed by atoms with Gasteiger partial charge in [-0.15, -0.1) is 0 Å². The van der Waals surface area contributed by atoms with Crippen LogP contribution < -0.4 is 4.74 Å². The number of rotatable bonds is 23. The Morgan fingerprint density at radius 2 is 1.36 bits per heavy atom. The zero-order chi connectivity index (χ0) is 39.8. The number of hydrogen-bond acceptors (Lipinski definition) is 8. The summed E-state index contributed by atoms with van der Waals surface area (Å²) in [6.07, 6.45) is 8.51. The molecule has 56 heavy (non-hydrogen) atoms. The number of esters is 3. The number of benzene rings is 3. The highest BCUT2D eigenvalue weighted by Crippen LogP contribution is 2.50. The molecule has 2 aliphatic carbocycles. The summed E-state index contributed by atoms with van der Waals surface area (Å²) in [7, 11) is -1.90. The van der Waals surface area contributed by atoms with Crippen LogP contribution >= 0.6 is 0 Å². The van der Waals surface area contributed by atoms with E-state index >= 15 is 0 Å². The summed E-state index contributed by atoms with van der Waals surface area (Å²) >= 11 is 0. The maximum absolute atomic E-state index is 13.1. The molecular formula is C47H64O8Si. The molecule has 0 N–H and O–H groups in total. The fourth-order valence-corrected chi connectivity index (χ4v) is 11.7. The number of hydrogen-bond donors (Lipinski definition) is 0. The van der Waals surface area contributed by atoms with Crippen molar-refractivity contribution in [1.29, 1.82) is 0 Å². The van der Waals surface area contributed by atoms with Crippen molar-refractivity contribution in [3.8, 4) is 5.75 Å². The van der Waals surface area contributed by atoms with Crippen LogP contribution in [0.1, 0.15) is 108 Å². The van der Waals surface area contributed by atoms with E-state index in [1.165, 1.54) is 11.1 Å².